The van der Waals surface area contributed by atoms with Gasteiger partial charge in [0.1, 0.15) is 0 Å². The minimum Gasteiger partial charge on any atom is -0.476 e. The van der Waals surface area contributed by atoms with Crippen molar-refractivity contribution in [3.63, 3.8) is 0 Å². The number of amides is 1. The number of ether oxygens (including phenoxy) is 1. The van der Waals surface area contributed by atoms with Crippen molar-refractivity contribution >= 4 is 5.91 Å². The summed E-state index contributed by atoms with van der Waals surface area (Å²) in [4.78, 5) is 24.4. The Hall–Kier alpha value is -1.69. The standard InChI is InChI=1S/C15H22N4O2/c20-15(19-6-1-2-7-19)11-18-8-3-13(10-18)12-21-14-9-16-4-5-17-14/h4-5,9,13H,1-3,6-8,10-12H2. The molecule has 3 rings (SSSR count). The molecule has 6 heteroatoms. The quantitative estimate of drug-likeness (QED) is 0.803. The van der Waals surface area contributed by atoms with Crippen molar-refractivity contribution in [3.8, 4) is 5.88 Å². The second-order valence-corrected chi connectivity index (χ2v) is 5.83. The average Bonchev–Trinajstić information content (AvgIpc) is 3.18. The summed E-state index contributed by atoms with van der Waals surface area (Å²) >= 11 is 0. The molecule has 0 radical (unpaired) electrons. The number of likely N-dealkylation sites (tertiary alicyclic amines) is 2. The van der Waals surface area contributed by atoms with E-state index in [2.05, 4.69) is 14.9 Å². The Morgan fingerprint density at radius 1 is 1.29 bits per heavy atom. The molecule has 3 heterocycles. The third-order valence-electron chi connectivity index (χ3n) is 4.19. The summed E-state index contributed by atoms with van der Waals surface area (Å²) in [6, 6.07) is 0. The van der Waals surface area contributed by atoms with Gasteiger partial charge in [0.2, 0.25) is 11.8 Å². The topological polar surface area (TPSA) is 58.6 Å². The molecule has 0 spiro atoms. The second-order valence-electron chi connectivity index (χ2n) is 5.83. The average molecular weight is 290 g/mol. The summed E-state index contributed by atoms with van der Waals surface area (Å²) in [7, 11) is 0. The first kappa shape index (κ1) is 14.3. The Labute approximate surface area is 125 Å². The molecule has 114 valence electrons. The van der Waals surface area contributed by atoms with E-state index >= 15 is 0 Å². The first-order chi connectivity index (χ1) is 10.3. The normalized spacial score (nSPS) is 22.7. The number of hydrogen-bond donors (Lipinski definition) is 0. The lowest BCUT2D eigenvalue weighted by molar-refractivity contribution is -0.131. The van der Waals surface area contributed by atoms with Crippen molar-refractivity contribution in [1.29, 1.82) is 0 Å². The molecule has 0 aliphatic carbocycles. The molecule has 2 saturated heterocycles. The van der Waals surface area contributed by atoms with E-state index in [0.29, 0.717) is 24.9 Å². The van der Waals surface area contributed by atoms with E-state index in [1.165, 1.54) is 0 Å². The van der Waals surface area contributed by atoms with Crippen LogP contribution < -0.4 is 4.74 Å². The molecule has 1 aromatic heterocycles. The summed E-state index contributed by atoms with van der Waals surface area (Å²) in [6.07, 6.45) is 8.27. The maximum Gasteiger partial charge on any atom is 0.236 e. The number of nitrogens with zero attached hydrogens (tertiary/aromatic N) is 4. The molecule has 0 saturated carbocycles. The van der Waals surface area contributed by atoms with Crippen LogP contribution >= 0.6 is 0 Å². The van der Waals surface area contributed by atoms with Crippen molar-refractivity contribution in [2.45, 2.75) is 19.3 Å². The molecule has 2 fully saturated rings. The Balaban J connectivity index is 1.40. The minimum atomic E-state index is 0.281. The van der Waals surface area contributed by atoms with Crippen LogP contribution in [-0.4, -0.2) is 65.0 Å². The fourth-order valence-electron chi connectivity index (χ4n) is 3.01. The van der Waals surface area contributed by atoms with Gasteiger partial charge in [0.05, 0.1) is 19.3 Å². The van der Waals surface area contributed by atoms with Crippen LogP contribution in [0.25, 0.3) is 0 Å². The molecule has 6 nitrogen and oxygen atoms in total. The van der Waals surface area contributed by atoms with Crippen molar-refractivity contribution in [3.05, 3.63) is 18.6 Å². The minimum absolute atomic E-state index is 0.281. The van der Waals surface area contributed by atoms with Crippen LogP contribution in [0, 0.1) is 5.92 Å². The third-order valence-corrected chi connectivity index (χ3v) is 4.19. The lowest BCUT2D eigenvalue weighted by Gasteiger charge is -2.20. The van der Waals surface area contributed by atoms with Gasteiger partial charge in [0, 0.05) is 37.9 Å². The van der Waals surface area contributed by atoms with Crippen molar-refractivity contribution < 1.29 is 9.53 Å². The predicted molar refractivity (Wildman–Crippen MR) is 77.9 cm³/mol. The molecule has 1 amide bonds. The van der Waals surface area contributed by atoms with E-state index in [-0.39, 0.29) is 5.91 Å². The predicted octanol–water partition coefficient (Wildman–Crippen LogP) is 0.800. The van der Waals surface area contributed by atoms with Gasteiger partial charge in [-0.05, 0) is 25.8 Å². The molecule has 2 aliphatic rings. The smallest absolute Gasteiger partial charge is 0.236 e. The lowest BCUT2D eigenvalue weighted by atomic mass is 10.1. The lowest BCUT2D eigenvalue weighted by Crippen LogP contribution is -2.38. The van der Waals surface area contributed by atoms with Gasteiger partial charge in [-0.15, -0.1) is 0 Å². The molecule has 0 N–H and O–H groups in total. The molecule has 1 atom stereocenters. The van der Waals surface area contributed by atoms with Gasteiger partial charge in [-0.3, -0.25) is 14.7 Å². The fraction of sp³-hybridized carbons (Fsp3) is 0.667. The zero-order valence-corrected chi connectivity index (χ0v) is 12.3. The highest BCUT2D eigenvalue weighted by Crippen LogP contribution is 2.18. The van der Waals surface area contributed by atoms with Gasteiger partial charge in [-0.2, -0.15) is 0 Å². The molecule has 1 unspecified atom stereocenters. The van der Waals surface area contributed by atoms with E-state index in [0.717, 1.165) is 45.4 Å². The van der Waals surface area contributed by atoms with Crippen LogP contribution in [0.3, 0.4) is 0 Å². The summed E-state index contributed by atoms with van der Waals surface area (Å²) in [5, 5.41) is 0. The second kappa shape index (κ2) is 6.85. The Morgan fingerprint density at radius 3 is 2.90 bits per heavy atom. The van der Waals surface area contributed by atoms with Gasteiger partial charge in [0.25, 0.3) is 0 Å². The van der Waals surface area contributed by atoms with E-state index in [4.69, 9.17) is 4.74 Å². The van der Waals surface area contributed by atoms with Crippen molar-refractivity contribution in [1.82, 2.24) is 19.8 Å². The fourth-order valence-corrected chi connectivity index (χ4v) is 3.01. The van der Waals surface area contributed by atoms with Crippen LogP contribution in [0.4, 0.5) is 0 Å². The number of hydrogen-bond acceptors (Lipinski definition) is 5. The highest BCUT2D eigenvalue weighted by Gasteiger charge is 2.27. The highest BCUT2D eigenvalue weighted by atomic mass is 16.5. The van der Waals surface area contributed by atoms with Crippen molar-refractivity contribution in [2.75, 3.05) is 39.3 Å². The molecule has 0 aromatic carbocycles. The number of aromatic nitrogens is 2. The van der Waals surface area contributed by atoms with Crippen LogP contribution in [0.5, 0.6) is 5.88 Å². The molecule has 1 aromatic rings. The van der Waals surface area contributed by atoms with E-state index in [1.807, 2.05) is 4.90 Å². The molecule has 2 aliphatic heterocycles. The summed E-state index contributed by atoms with van der Waals surface area (Å²) in [5.74, 6) is 1.32. The number of carbonyl (C=O) groups is 1. The number of carbonyl (C=O) groups excluding carboxylic acids is 1. The molecular weight excluding hydrogens is 268 g/mol. The highest BCUT2D eigenvalue weighted by molar-refractivity contribution is 5.78. The molecule has 21 heavy (non-hydrogen) atoms. The number of rotatable bonds is 5. The van der Waals surface area contributed by atoms with Crippen LogP contribution in [-0.2, 0) is 4.79 Å². The molecule has 0 bridgehead atoms. The van der Waals surface area contributed by atoms with Crippen LogP contribution in [0.1, 0.15) is 19.3 Å². The Morgan fingerprint density at radius 2 is 2.14 bits per heavy atom. The van der Waals surface area contributed by atoms with Gasteiger partial charge < -0.3 is 9.64 Å². The Bertz CT molecular complexity index is 462. The largest absolute Gasteiger partial charge is 0.476 e. The van der Waals surface area contributed by atoms with Crippen LogP contribution in [0.15, 0.2) is 18.6 Å². The van der Waals surface area contributed by atoms with E-state index < -0.39 is 0 Å². The third kappa shape index (κ3) is 3.91. The zero-order chi connectivity index (χ0) is 14.5. The monoisotopic (exact) mass is 290 g/mol. The van der Waals surface area contributed by atoms with E-state index in [1.54, 1.807) is 18.6 Å². The molecular formula is C15H22N4O2. The summed E-state index contributed by atoms with van der Waals surface area (Å²) in [5.41, 5.74) is 0. The first-order valence-electron chi connectivity index (χ1n) is 7.70. The van der Waals surface area contributed by atoms with Crippen molar-refractivity contribution in [2.24, 2.45) is 5.92 Å². The van der Waals surface area contributed by atoms with E-state index in [9.17, 15) is 4.79 Å². The van der Waals surface area contributed by atoms with Crippen LogP contribution in [0.2, 0.25) is 0 Å². The van der Waals surface area contributed by atoms with Gasteiger partial charge in [-0.25, -0.2) is 4.98 Å². The van der Waals surface area contributed by atoms with Gasteiger partial charge >= 0.3 is 0 Å². The van der Waals surface area contributed by atoms with Gasteiger partial charge in [-0.1, -0.05) is 0 Å². The summed E-state index contributed by atoms with van der Waals surface area (Å²) < 4.78 is 5.65. The summed E-state index contributed by atoms with van der Waals surface area (Å²) in [6.45, 7) is 4.99. The zero-order valence-electron chi connectivity index (χ0n) is 12.3. The SMILES string of the molecule is O=C(CN1CCC(COc2cnccn2)C1)N1CCCC1. The first-order valence-corrected chi connectivity index (χ1v) is 7.70. The maximum atomic E-state index is 12.1. The van der Waals surface area contributed by atoms with Gasteiger partial charge in [0.15, 0.2) is 0 Å². The maximum absolute atomic E-state index is 12.1. The Kier molecular flexibility index (Phi) is 4.65.